The molecule has 0 saturated carbocycles. The molecule has 0 aliphatic carbocycles. The van der Waals surface area contributed by atoms with Crippen LogP contribution < -0.4 is 0 Å². The number of aliphatic hydroxyl groups excluding tert-OH is 1. The lowest BCUT2D eigenvalue weighted by molar-refractivity contribution is -0.139. The molecule has 0 bridgehead atoms. The Kier molecular flexibility index (Phi) is 3.52. The monoisotopic (exact) mass is 287 g/mol. The molecule has 0 unspecified atom stereocenters. The summed E-state index contributed by atoms with van der Waals surface area (Å²) in [4.78, 5) is 3.90. The van der Waals surface area contributed by atoms with Gasteiger partial charge < -0.3 is 9.52 Å². The number of oxazole rings is 1. The van der Waals surface area contributed by atoms with Gasteiger partial charge in [0.1, 0.15) is 12.1 Å². The van der Waals surface area contributed by atoms with Gasteiger partial charge in [-0.25, -0.2) is 9.37 Å². The van der Waals surface area contributed by atoms with Crippen molar-refractivity contribution in [2.45, 2.75) is 12.6 Å². The number of aromatic nitrogens is 1. The number of alkyl halides is 3. The molecule has 0 radical (unpaired) electrons. The number of hydrogen-bond donors (Lipinski definition) is 1. The highest BCUT2D eigenvalue weighted by Gasteiger charge is 2.34. The molecule has 1 aromatic carbocycles. The van der Waals surface area contributed by atoms with E-state index in [1.165, 1.54) is 6.26 Å². The highest BCUT2D eigenvalue weighted by Crippen LogP contribution is 2.34. The third-order valence-electron chi connectivity index (χ3n) is 2.46. The second-order valence-corrected chi connectivity index (χ2v) is 4.08. The molecule has 0 aliphatic heterocycles. The Morgan fingerprint density at radius 1 is 1.35 bits per heavy atom. The van der Waals surface area contributed by atoms with Crippen molar-refractivity contribution in [3.05, 3.63) is 53.9 Å². The van der Waals surface area contributed by atoms with Crippen molar-refractivity contribution >= 4 is 0 Å². The third kappa shape index (κ3) is 2.98. The van der Waals surface area contributed by atoms with Crippen LogP contribution in [0.4, 0.5) is 17.6 Å². The van der Waals surface area contributed by atoms with Crippen LogP contribution in [0.25, 0.3) is 11.5 Å². The van der Waals surface area contributed by atoms with Gasteiger partial charge >= 0.3 is 6.18 Å². The minimum Gasteiger partial charge on any atom is -0.513 e. The maximum atomic E-state index is 13.1. The summed E-state index contributed by atoms with van der Waals surface area (Å²) < 4.78 is 55.9. The van der Waals surface area contributed by atoms with Gasteiger partial charge in [0.2, 0.25) is 5.89 Å². The van der Waals surface area contributed by atoms with Crippen molar-refractivity contribution in [2.75, 3.05) is 0 Å². The van der Waals surface area contributed by atoms with Crippen LogP contribution in [-0.4, -0.2) is 10.1 Å². The van der Waals surface area contributed by atoms with Gasteiger partial charge in [-0.3, -0.25) is 0 Å². The largest absolute Gasteiger partial charge is 0.513 e. The smallest absolute Gasteiger partial charge is 0.419 e. The minimum atomic E-state index is -4.80. The number of allylic oxidation sites excluding steroid dienone is 1. The first-order valence-electron chi connectivity index (χ1n) is 5.45. The van der Waals surface area contributed by atoms with Crippen molar-refractivity contribution < 1.29 is 27.1 Å². The average Bonchev–Trinajstić information content (AvgIpc) is 2.75. The Morgan fingerprint density at radius 2 is 2.05 bits per heavy atom. The molecule has 2 aromatic rings. The second kappa shape index (κ2) is 4.99. The molecule has 1 N–H and O–H groups in total. The van der Waals surface area contributed by atoms with E-state index >= 15 is 0 Å². The van der Waals surface area contributed by atoms with Gasteiger partial charge in [0, 0.05) is 12.0 Å². The van der Waals surface area contributed by atoms with E-state index in [2.05, 4.69) is 11.6 Å². The number of benzene rings is 1. The van der Waals surface area contributed by atoms with Gasteiger partial charge in [-0.05, 0) is 18.2 Å². The van der Waals surface area contributed by atoms with Crippen LogP contribution in [-0.2, 0) is 12.6 Å². The summed E-state index contributed by atoms with van der Waals surface area (Å²) in [7, 11) is 0. The van der Waals surface area contributed by atoms with Crippen LogP contribution in [0.3, 0.4) is 0 Å². The average molecular weight is 287 g/mol. The Labute approximate surface area is 111 Å². The van der Waals surface area contributed by atoms with Crippen molar-refractivity contribution in [2.24, 2.45) is 0 Å². The maximum absolute atomic E-state index is 13.1. The molecular formula is C13H9F4NO2. The summed E-state index contributed by atoms with van der Waals surface area (Å²) >= 11 is 0. The van der Waals surface area contributed by atoms with Crippen LogP contribution in [0.5, 0.6) is 0 Å². The topological polar surface area (TPSA) is 46.3 Å². The fourth-order valence-corrected chi connectivity index (χ4v) is 1.61. The third-order valence-corrected chi connectivity index (χ3v) is 2.46. The van der Waals surface area contributed by atoms with E-state index in [1.807, 2.05) is 0 Å². The van der Waals surface area contributed by atoms with E-state index < -0.39 is 17.6 Å². The normalized spacial score (nSPS) is 11.6. The van der Waals surface area contributed by atoms with Crippen LogP contribution in [0, 0.1) is 5.82 Å². The van der Waals surface area contributed by atoms with E-state index in [-0.39, 0.29) is 23.6 Å². The van der Waals surface area contributed by atoms with Gasteiger partial charge in [0.15, 0.2) is 0 Å². The summed E-state index contributed by atoms with van der Waals surface area (Å²) in [6, 6.07) is 2.46. The van der Waals surface area contributed by atoms with Gasteiger partial charge in [0.05, 0.1) is 17.0 Å². The molecule has 0 spiro atoms. The van der Waals surface area contributed by atoms with Crippen molar-refractivity contribution in [1.82, 2.24) is 4.98 Å². The van der Waals surface area contributed by atoms with E-state index in [4.69, 9.17) is 9.52 Å². The van der Waals surface area contributed by atoms with Crippen LogP contribution in [0.15, 0.2) is 41.2 Å². The maximum Gasteiger partial charge on any atom is 0.419 e. The van der Waals surface area contributed by atoms with Gasteiger partial charge in [-0.15, -0.1) is 0 Å². The van der Waals surface area contributed by atoms with Crippen LogP contribution in [0.1, 0.15) is 11.3 Å². The first-order valence-corrected chi connectivity index (χ1v) is 5.45. The molecule has 0 amide bonds. The highest BCUT2D eigenvalue weighted by molar-refractivity contribution is 5.55. The number of aliphatic hydroxyl groups is 1. The molecule has 3 nitrogen and oxygen atoms in total. The molecular weight excluding hydrogens is 278 g/mol. The van der Waals surface area contributed by atoms with Gasteiger partial charge in [-0.1, -0.05) is 6.58 Å². The number of halogens is 4. The van der Waals surface area contributed by atoms with E-state index in [1.54, 1.807) is 0 Å². The number of nitrogens with zero attached hydrogens (tertiary/aromatic N) is 1. The highest BCUT2D eigenvalue weighted by atomic mass is 19.4. The minimum absolute atomic E-state index is 0.00599. The molecule has 0 aliphatic rings. The Bertz CT molecular complexity index is 646. The SMILES string of the molecule is C=C(O)Cc1coc(-c2ccc(F)c(C(F)(F)F)c2)n1. The summed E-state index contributed by atoms with van der Waals surface area (Å²) in [5.41, 5.74) is -1.08. The molecule has 1 aromatic heterocycles. The first kappa shape index (κ1) is 14.1. The Balaban J connectivity index is 2.38. The van der Waals surface area contributed by atoms with Crippen LogP contribution in [0.2, 0.25) is 0 Å². The van der Waals surface area contributed by atoms with Crippen molar-refractivity contribution in [1.29, 1.82) is 0 Å². The molecule has 2 rings (SSSR count). The van der Waals surface area contributed by atoms with Crippen molar-refractivity contribution in [3.8, 4) is 11.5 Å². The molecule has 7 heteroatoms. The molecule has 1 heterocycles. The Morgan fingerprint density at radius 3 is 2.65 bits per heavy atom. The summed E-state index contributed by atoms with van der Waals surface area (Å²) in [6.45, 7) is 3.27. The predicted molar refractivity (Wildman–Crippen MR) is 62.4 cm³/mol. The van der Waals surface area contributed by atoms with Crippen molar-refractivity contribution in [3.63, 3.8) is 0 Å². The van der Waals surface area contributed by atoms with Gasteiger partial charge in [-0.2, -0.15) is 13.2 Å². The summed E-state index contributed by atoms with van der Waals surface area (Å²) in [5, 5.41) is 9.00. The lowest BCUT2D eigenvalue weighted by Gasteiger charge is -2.08. The second-order valence-electron chi connectivity index (χ2n) is 4.08. The summed E-state index contributed by atoms with van der Waals surface area (Å²) in [5.74, 6) is -1.61. The predicted octanol–water partition coefficient (Wildman–Crippen LogP) is 4.11. The van der Waals surface area contributed by atoms with Gasteiger partial charge in [0.25, 0.3) is 0 Å². The van der Waals surface area contributed by atoms with E-state index in [0.29, 0.717) is 17.8 Å². The fourth-order valence-electron chi connectivity index (χ4n) is 1.61. The molecule has 106 valence electrons. The Hall–Kier alpha value is -2.31. The summed E-state index contributed by atoms with van der Waals surface area (Å²) in [6.07, 6.45) is -3.58. The van der Waals surface area contributed by atoms with E-state index in [0.717, 1.165) is 6.07 Å². The first-order chi connectivity index (χ1) is 9.27. The molecule has 0 atom stereocenters. The molecule has 0 fully saturated rings. The zero-order chi connectivity index (χ0) is 14.9. The zero-order valence-corrected chi connectivity index (χ0v) is 10.0. The molecule has 0 saturated heterocycles. The zero-order valence-electron chi connectivity index (χ0n) is 10.0. The van der Waals surface area contributed by atoms with Crippen LogP contribution >= 0.6 is 0 Å². The van der Waals surface area contributed by atoms with E-state index in [9.17, 15) is 17.6 Å². The molecule has 20 heavy (non-hydrogen) atoms. The lowest BCUT2D eigenvalue weighted by atomic mass is 10.1. The quantitative estimate of drug-likeness (QED) is 0.682. The standard InChI is InChI=1S/C13H9F4NO2/c1-7(19)4-9-6-20-12(18-9)8-2-3-11(14)10(5-8)13(15,16)17/h2-3,5-6,19H,1,4H2. The fraction of sp³-hybridized carbons (Fsp3) is 0.154. The number of hydrogen-bond acceptors (Lipinski definition) is 3. The number of rotatable bonds is 3. The lowest BCUT2D eigenvalue weighted by Crippen LogP contribution is -2.08.